The van der Waals surface area contributed by atoms with Crippen LogP contribution < -0.4 is 10.6 Å². The highest BCUT2D eigenvalue weighted by Gasteiger charge is 2.28. The molecule has 2 rings (SSSR count). The first kappa shape index (κ1) is 21.9. The van der Waals surface area contributed by atoms with Gasteiger partial charge in [-0.1, -0.05) is 12.5 Å². The van der Waals surface area contributed by atoms with Crippen molar-refractivity contribution in [3.05, 3.63) is 29.3 Å². The maximum atomic E-state index is 12.9. The van der Waals surface area contributed by atoms with Gasteiger partial charge in [0, 0.05) is 25.2 Å². The van der Waals surface area contributed by atoms with E-state index in [1.165, 1.54) is 10.4 Å². The molecule has 25 heavy (non-hydrogen) atoms. The third-order valence-electron chi connectivity index (χ3n) is 4.27. The average molecular weight is 390 g/mol. The predicted molar refractivity (Wildman–Crippen MR) is 102 cm³/mol. The fourth-order valence-electron chi connectivity index (χ4n) is 2.83. The third kappa shape index (κ3) is 5.67. The van der Waals surface area contributed by atoms with Gasteiger partial charge in [0.1, 0.15) is 0 Å². The van der Waals surface area contributed by atoms with Gasteiger partial charge in [-0.3, -0.25) is 4.79 Å². The molecule has 1 aliphatic rings. The summed E-state index contributed by atoms with van der Waals surface area (Å²) >= 11 is 0. The summed E-state index contributed by atoms with van der Waals surface area (Å²) in [7, 11) is -1.67. The second-order valence-corrected chi connectivity index (χ2v) is 8.06. The van der Waals surface area contributed by atoms with Crippen LogP contribution in [0.4, 0.5) is 0 Å². The van der Waals surface area contributed by atoms with Gasteiger partial charge < -0.3 is 10.6 Å². The fraction of sp³-hybridized carbons (Fsp3) is 0.588. The molecule has 1 heterocycles. The molecule has 0 spiro atoms. The second kappa shape index (κ2) is 10.1. The molecule has 1 aliphatic heterocycles. The van der Waals surface area contributed by atoms with Crippen molar-refractivity contribution in [3.8, 4) is 0 Å². The zero-order valence-electron chi connectivity index (χ0n) is 14.9. The standard InChI is InChI=1S/C17H27N3O3S.ClH/c1-14-7-8-15(17(21)19-10-6-9-18-2)13-16(14)24(22,23)20-11-4-3-5-12-20;/h7-8,13,18H,3-6,9-12H2,1-2H3,(H,19,21);1H. The van der Waals surface area contributed by atoms with Gasteiger partial charge in [-0.2, -0.15) is 4.31 Å². The SMILES string of the molecule is CNCCCNC(=O)c1ccc(C)c(S(=O)(=O)N2CCCCC2)c1.Cl. The topological polar surface area (TPSA) is 78.5 Å². The number of benzene rings is 1. The first-order chi connectivity index (χ1) is 11.5. The summed E-state index contributed by atoms with van der Waals surface area (Å²) in [6.45, 7) is 4.26. The van der Waals surface area contributed by atoms with E-state index >= 15 is 0 Å². The van der Waals surface area contributed by atoms with E-state index in [0.29, 0.717) is 30.8 Å². The van der Waals surface area contributed by atoms with Crippen LogP contribution in [0, 0.1) is 6.92 Å². The summed E-state index contributed by atoms with van der Waals surface area (Å²) in [5.74, 6) is -0.235. The van der Waals surface area contributed by atoms with Crippen LogP contribution >= 0.6 is 12.4 Å². The van der Waals surface area contributed by atoms with E-state index in [0.717, 1.165) is 32.2 Å². The summed E-state index contributed by atoms with van der Waals surface area (Å²) in [4.78, 5) is 12.5. The zero-order valence-corrected chi connectivity index (χ0v) is 16.5. The van der Waals surface area contributed by atoms with Crippen molar-refractivity contribution in [2.24, 2.45) is 0 Å². The normalized spacial score (nSPS) is 15.4. The molecule has 0 bridgehead atoms. The van der Waals surface area contributed by atoms with E-state index in [2.05, 4.69) is 10.6 Å². The average Bonchev–Trinajstić information content (AvgIpc) is 2.59. The summed E-state index contributed by atoms with van der Waals surface area (Å²) in [5.41, 5.74) is 1.06. The molecule has 0 unspecified atom stereocenters. The number of sulfonamides is 1. The molecule has 0 atom stereocenters. The minimum absolute atomic E-state index is 0. The highest BCUT2D eigenvalue weighted by molar-refractivity contribution is 7.89. The molecule has 2 N–H and O–H groups in total. The number of piperidine rings is 1. The van der Waals surface area contributed by atoms with Gasteiger partial charge in [0.25, 0.3) is 5.91 Å². The molecule has 1 amide bonds. The smallest absolute Gasteiger partial charge is 0.251 e. The van der Waals surface area contributed by atoms with Crippen molar-refractivity contribution in [1.82, 2.24) is 14.9 Å². The predicted octanol–water partition coefficient (Wildman–Crippen LogP) is 1.93. The van der Waals surface area contributed by atoms with Crippen molar-refractivity contribution in [3.63, 3.8) is 0 Å². The number of nitrogens with one attached hydrogen (secondary N) is 2. The van der Waals surface area contributed by atoms with Crippen molar-refractivity contribution in [2.45, 2.75) is 37.5 Å². The summed E-state index contributed by atoms with van der Waals surface area (Å²) in [6.07, 6.45) is 3.68. The Hall–Kier alpha value is -1.15. The molecule has 0 aromatic heterocycles. The van der Waals surface area contributed by atoms with Gasteiger partial charge in [0.15, 0.2) is 0 Å². The number of amides is 1. The number of nitrogens with zero attached hydrogens (tertiary/aromatic N) is 1. The third-order valence-corrected chi connectivity index (χ3v) is 6.31. The van der Waals surface area contributed by atoms with Gasteiger partial charge in [0.05, 0.1) is 4.90 Å². The van der Waals surface area contributed by atoms with Gasteiger partial charge in [-0.05, 0) is 57.5 Å². The monoisotopic (exact) mass is 389 g/mol. The molecule has 6 nitrogen and oxygen atoms in total. The van der Waals surface area contributed by atoms with E-state index in [1.807, 2.05) is 7.05 Å². The van der Waals surface area contributed by atoms with Crippen molar-refractivity contribution in [1.29, 1.82) is 0 Å². The van der Waals surface area contributed by atoms with Gasteiger partial charge >= 0.3 is 0 Å². The van der Waals surface area contributed by atoms with Crippen LogP contribution in [0.15, 0.2) is 23.1 Å². The van der Waals surface area contributed by atoms with Crippen molar-refractivity contribution < 1.29 is 13.2 Å². The number of halogens is 1. The Morgan fingerprint density at radius 2 is 1.84 bits per heavy atom. The molecule has 8 heteroatoms. The van der Waals surface area contributed by atoms with Gasteiger partial charge in [-0.25, -0.2) is 8.42 Å². The van der Waals surface area contributed by atoms with Crippen molar-refractivity contribution in [2.75, 3.05) is 33.2 Å². The second-order valence-electron chi connectivity index (χ2n) is 6.16. The van der Waals surface area contributed by atoms with E-state index in [1.54, 1.807) is 19.1 Å². The van der Waals surface area contributed by atoms with Crippen molar-refractivity contribution >= 4 is 28.3 Å². The Labute approximate surface area is 156 Å². The maximum Gasteiger partial charge on any atom is 0.251 e. The van der Waals surface area contributed by atoms with Gasteiger partial charge in [-0.15, -0.1) is 12.4 Å². The quantitative estimate of drug-likeness (QED) is 0.698. The van der Waals surface area contributed by atoms with Crippen LogP contribution in [0.1, 0.15) is 41.6 Å². The molecular formula is C17H28ClN3O3S. The number of hydrogen-bond donors (Lipinski definition) is 2. The van der Waals surface area contributed by atoms with Crippen LogP contribution in [0.2, 0.25) is 0 Å². The Kier molecular flexibility index (Phi) is 8.85. The molecule has 1 aromatic carbocycles. The lowest BCUT2D eigenvalue weighted by Crippen LogP contribution is -2.36. The Morgan fingerprint density at radius 3 is 2.48 bits per heavy atom. The molecular weight excluding hydrogens is 362 g/mol. The first-order valence-electron chi connectivity index (χ1n) is 8.50. The number of hydrogen-bond acceptors (Lipinski definition) is 4. The minimum atomic E-state index is -3.53. The molecule has 0 saturated carbocycles. The highest BCUT2D eigenvalue weighted by atomic mass is 35.5. The number of rotatable bonds is 7. The number of carbonyl (C=O) groups excluding carboxylic acids is 1. The Morgan fingerprint density at radius 1 is 1.16 bits per heavy atom. The maximum absolute atomic E-state index is 12.9. The van der Waals surface area contributed by atoms with E-state index < -0.39 is 10.0 Å². The lowest BCUT2D eigenvalue weighted by Gasteiger charge is -2.26. The van der Waals surface area contributed by atoms with Crippen LogP contribution in [-0.4, -0.2) is 51.9 Å². The first-order valence-corrected chi connectivity index (χ1v) is 9.94. The minimum Gasteiger partial charge on any atom is -0.352 e. The molecule has 1 aromatic rings. The lowest BCUT2D eigenvalue weighted by atomic mass is 10.1. The van der Waals surface area contributed by atoms with E-state index in [4.69, 9.17) is 0 Å². The molecule has 1 saturated heterocycles. The van der Waals surface area contributed by atoms with Crippen LogP contribution in [0.25, 0.3) is 0 Å². The molecule has 0 radical (unpaired) electrons. The Bertz CT molecular complexity index is 674. The van der Waals surface area contributed by atoms with Crippen LogP contribution in [0.3, 0.4) is 0 Å². The molecule has 0 aliphatic carbocycles. The zero-order chi connectivity index (χ0) is 17.6. The summed E-state index contributed by atoms with van der Waals surface area (Å²) in [5, 5.41) is 5.84. The Balaban J connectivity index is 0.00000312. The number of carbonyl (C=O) groups is 1. The number of aryl methyl sites for hydroxylation is 1. The highest BCUT2D eigenvalue weighted by Crippen LogP contribution is 2.24. The summed E-state index contributed by atoms with van der Waals surface area (Å²) < 4.78 is 27.3. The largest absolute Gasteiger partial charge is 0.352 e. The molecule has 142 valence electrons. The van der Waals surface area contributed by atoms with Crippen LogP contribution in [0.5, 0.6) is 0 Å². The van der Waals surface area contributed by atoms with Gasteiger partial charge in [0.2, 0.25) is 10.0 Å². The van der Waals surface area contributed by atoms with Crippen LogP contribution in [-0.2, 0) is 10.0 Å². The van der Waals surface area contributed by atoms with E-state index in [-0.39, 0.29) is 23.2 Å². The fourth-order valence-corrected chi connectivity index (χ4v) is 4.60. The van der Waals surface area contributed by atoms with E-state index in [9.17, 15) is 13.2 Å². The lowest BCUT2D eigenvalue weighted by molar-refractivity contribution is 0.0953. The molecule has 1 fully saturated rings. The summed E-state index contributed by atoms with van der Waals surface area (Å²) in [6, 6.07) is 4.89.